The van der Waals surface area contributed by atoms with Gasteiger partial charge in [-0.3, -0.25) is 0 Å². The van der Waals surface area contributed by atoms with E-state index in [1.165, 1.54) is 0 Å². The zero-order chi connectivity index (χ0) is 10.7. The predicted octanol–water partition coefficient (Wildman–Crippen LogP) is 3.55. The Kier molecular flexibility index (Phi) is 3.46. The molecule has 1 nitrogen and oxygen atoms in total. The lowest BCUT2D eigenvalue weighted by Crippen LogP contribution is -1.98. The van der Waals surface area contributed by atoms with Gasteiger partial charge in [-0.05, 0) is 29.3 Å². The van der Waals surface area contributed by atoms with E-state index in [-0.39, 0.29) is 0 Å². The Bertz CT molecular complexity index is 423. The van der Waals surface area contributed by atoms with Crippen LogP contribution >= 0.6 is 23.1 Å². The summed E-state index contributed by atoms with van der Waals surface area (Å²) in [5, 5.41) is 12.2. The maximum atomic E-state index is 10.2. The van der Waals surface area contributed by atoms with E-state index in [0.717, 1.165) is 15.3 Å². The molecule has 1 aromatic carbocycles. The van der Waals surface area contributed by atoms with Gasteiger partial charge in [0.25, 0.3) is 0 Å². The molecule has 0 unspecified atom stereocenters. The van der Waals surface area contributed by atoms with Crippen LogP contribution in [0.5, 0.6) is 0 Å². The minimum Gasteiger partial charge on any atom is -0.383 e. The normalized spacial score (nSPS) is 12.7. The van der Waals surface area contributed by atoms with Gasteiger partial charge in [0.05, 0.1) is 0 Å². The van der Waals surface area contributed by atoms with Crippen molar-refractivity contribution in [3.63, 3.8) is 0 Å². The lowest BCUT2D eigenvalue weighted by molar-refractivity contribution is 0.221. The Morgan fingerprint density at radius 2 is 2.00 bits per heavy atom. The Morgan fingerprint density at radius 1 is 1.20 bits per heavy atom. The molecule has 0 aliphatic heterocycles. The van der Waals surface area contributed by atoms with E-state index < -0.39 is 6.10 Å². The van der Waals surface area contributed by atoms with Crippen molar-refractivity contribution in [1.82, 2.24) is 0 Å². The molecule has 2 rings (SSSR count). The van der Waals surface area contributed by atoms with Crippen LogP contribution in [-0.4, -0.2) is 11.4 Å². The van der Waals surface area contributed by atoms with Crippen molar-refractivity contribution in [2.24, 2.45) is 0 Å². The molecule has 1 heterocycles. The van der Waals surface area contributed by atoms with Crippen molar-refractivity contribution in [1.29, 1.82) is 0 Å². The highest BCUT2D eigenvalue weighted by Gasteiger charge is 2.14. The van der Waals surface area contributed by atoms with Crippen LogP contribution in [0.1, 0.15) is 16.5 Å². The summed E-state index contributed by atoms with van der Waals surface area (Å²) in [6.07, 6.45) is 1.54. The van der Waals surface area contributed by atoms with Crippen molar-refractivity contribution >= 4 is 23.1 Å². The molecule has 1 aromatic heterocycles. The van der Waals surface area contributed by atoms with Gasteiger partial charge in [0.1, 0.15) is 6.10 Å². The lowest BCUT2D eigenvalue weighted by Gasteiger charge is -2.12. The topological polar surface area (TPSA) is 20.2 Å². The van der Waals surface area contributed by atoms with Gasteiger partial charge in [-0.25, -0.2) is 0 Å². The smallest absolute Gasteiger partial charge is 0.114 e. The second kappa shape index (κ2) is 4.84. The third kappa shape index (κ3) is 2.25. The van der Waals surface area contributed by atoms with Crippen LogP contribution in [0, 0.1) is 0 Å². The summed E-state index contributed by atoms with van der Waals surface area (Å²) >= 11 is 3.25. The molecule has 78 valence electrons. The molecule has 0 saturated carbocycles. The summed E-state index contributed by atoms with van der Waals surface area (Å²) in [5.41, 5.74) is 0.993. The molecule has 0 bridgehead atoms. The van der Waals surface area contributed by atoms with E-state index >= 15 is 0 Å². The molecule has 2 aromatic rings. The van der Waals surface area contributed by atoms with Crippen LogP contribution in [0.3, 0.4) is 0 Å². The van der Waals surface area contributed by atoms with E-state index in [0.29, 0.717) is 0 Å². The predicted molar refractivity (Wildman–Crippen MR) is 66.6 cm³/mol. The van der Waals surface area contributed by atoms with Crippen molar-refractivity contribution in [3.05, 3.63) is 52.2 Å². The number of aliphatic hydroxyl groups is 1. The molecule has 0 saturated heterocycles. The summed E-state index contributed by atoms with van der Waals surface area (Å²) in [6, 6.07) is 11.9. The highest BCUT2D eigenvalue weighted by atomic mass is 32.2. The van der Waals surface area contributed by atoms with Crippen LogP contribution in [0.2, 0.25) is 0 Å². The SMILES string of the molecule is CSc1ccccc1[C@@H](O)c1cccs1. The van der Waals surface area contributed by atoms with Gasteiger partial charge in [-0.1, -0.05) is 24.3 Å². The number of thiophene rings is 1. The monoisotopic (exact) mass is 236 g/mol. The van der Waals surface area contributed by atoms with Crippen molar-refractivity contribution in [2.45, 2.75) is 11.0 Å². The summed E-state index contributed by atoms with van der Waals surface area (Å²) in [4.78, 5) is 2.13. The molecule has 3 heteroatoms. The molecule has 1 N–H and O–H groups in total. The van der Waals surface area contributed by atoms with Gasteiger partial charge in [-0.15, -0.1) is 23.1 Å². The maximum absolute atomic E-state index is 10.2. The fourth-order valence-electron chi connectivity index (χ4n) is 1.49. The average molecular weight is 236 g/mol. The number of hydrogen-bond donors (Lipinski definition) is 1. The van der Waals surface area contributed by atoms with Gasteiger partial charge in [0, 0.05) is 9.77 Å². The van der Waals surface area contributed by atoms with Crippen LogP contribution in [0.25, 0.3) is 0 Å². The van der Waals surface area contributed by atoms with E-state index in [2.05, 4.69) is 0 Å². The van der Waals surface area contributed by atoms with E-state index in [1.54, 1.807) is 23.1 Å². The number of rotatable bonds is 3. The molecule has 0 aliphatic rings. The average Bonchev–Trinajstić information content (AvgIpc) is 2.81. The molecule has 0 aliphatic carbocycles. The van der Waals surface area contributed by atoms with Crippen LogP contribution < -0.4 is 0 Å². The van der Waals surface area contributed by atoms with E-state index in [1.807, 2.05) is 48.0 Å². The zero-order valence-electron chi connectivity index (χ0n) is 8.38. The summed E-state index contributed by atoms with van der Waals surface area (Å²) < 4.78 is 0. The van der Waals surface area contributed by atoms with Crippen molar-refractivity contribution in [2.75, 3.05) is 6.26 Å². The molecular formula is C12H12OS2. The first-order valence-corrected chi connectivity index (χ1v) is 6.77. The Morgan fingerprint density at radius 3 is 2.67 bits per heavy atom. The maximum Gasteiger partial charge on any atom is 0.114 e. The Hall–Kier alpha value is -0.770. The van der Waals surface area contributed by atoms with Crippen LogP contribution in [0.15, 0.2) is 46.7 Å². The number of aliphatic hydroxyl groups excluding tert-OH is 1. The highest BCUT2D eigenvalue weighted by Crippen LogP contribution is 2.31. The standard InChI is InChI=1S/C12H12OS2/c1-14-10-6-3-2-5-9(10)12(13)11-7-4-8-15-11/h2-8,12-13H,1H3/t12-/m1/s1. The van der Waals surface area contributed by atoms with E-state index in [9.17, 15) is 5.11 Å². The molecule has 15 heavy (non-hydrogen) atoms. The van der Waals surface area contributed by atoms with Gasteiger partial charge >= 0.3 is 0 Å². The van der Waals surface area contributed by atoms with Crippen LogP contribution in [-0.2, 0) is 0 Å². The summed E-state index contributed by atoms with van der Waals surface area (Å²) in [7, 11) is 0. The first kappa shape index (κ1) is 10.7. The van der Waals surface area contributed by atoms with Gasteiger partial charge < -0.3 is 5.11 Å². The Balaban J connectivity index is 2.37. The second-order valence-electron chi connectivity index (χ2n) is 3.16. The third-order valence-electron chi connectivity index (χ3n) is 2.25. The zero-order valence-corrected chi connectivity index (χ0v) is 10.0. The lowest BCUT2D eigenvalue weighted by atomic mass is 10.1. The second-order valence-corrected chi connectivity index (χ2v) is 4.99. The fourth-order valence-corrected chi connectivity index (χ4v) is 2.85. The number of hydrogen-bond acceptors (Lipinski definition) is 3. The first-order chi connectivity index (χ1) is 7.33. The van der Waals surface area contributed by atoms with Gasteiger partial charge in [0.2, 0.25) is 0 Å². The molecule has 0 radical (unpaired) electrons. The molecule has 1 atom stereocenters. The van der Waals surface area contributed by atoms with Crippen LogP contribution in [0.4, 0.5) is 0 Å². The van der Waals surface area contributed by atoms with Crippen molar-refractivity contribution < 1.29 is 5.11 Å². The first-order valence-electron chi connectivity index (χ1n) is 4.67. The minimum absolute atomic E-state index is 0.492. The van der Waals surface area contributed by atoms with Crippen molar-refractivity contribution in [3.8, 4) is 0 Å². The molecule has 0 spiro atoms. The fraction of sp³-hybridized carbons (Fsp3) is 0.167. The number of benzene rings is 1. The molecular weight excluding hydrogens is 224 g/mol. The quantitative estimate of drug-likeness (QED) is 0.822. The summed E-state index contributed by atoms with van der Waals surface area (Å²) in [6.45, 7) is 0. The largest absolute Gasteiger partial charge is 0.383 e. The number of thioether (sulfide) groups is 1. The molecule has 0 amide bonds. The minimum atomic E-state index is -0.492. The Labute approximate surface area is 97.8 Å². The van der Waals surface area contributed by atoms with E-state index in [4.69, 9.17) is 0 Å². The third-order valence-corrected chi connectivity index (χ3v) is 3.98. The van der Waals surface area contributed by atoms with Gasteiger partial charge in [-0.2, -0.15) is 0 Å². The molecule has 0 fully saturated rings. The summed E-state index contributed by atoms with van der Waals surface area (Å²) in [5.74, 6) is 0. The van der Waals surface area contributed by atoms with Gasteiger partial charge in [0.15, 0.2) is 0 Å². The highest BCUT2D eigenvalue weighted by molar-refractivity contribution is 7.98.